The molecule has 2 rings (SSSR count). The van der Waals surface area contributed by atoms with Crippen LogP contribution in [0.4, 0.5) is 8.78 Å². The molecule has 0 amide bonds. The summed E-state index contributed by atoms with van der Waals surface area (Å²) in [4.78, 5) is 0. The smallest absolute Gasteiger partial charge is 0.128 e. The monoisotopic (exact) mass is 241 g/mol. The summed E-state index contributed by atoms with van der Waals surface area (Å²) in [5.41, 5.74) is 0.402. The summed E-state index contributed by atoms with van der Waals surface area (Å²) >= 11 is 0. The molecule has 1 fully saturated rings. The van der Waals surface area contributed by atoms with Crippen LogP contribution in [0.1, 0.15) is 24.4 Å². The molecule has 0 radical (unpaired) electrons. The van der Waals surface area contributed by atoms with E-state index in [4.69, 9.17) is 4.74 Å². The lowest BCUT2D eigenvalue weighted by molar-refractivity contribution is 0.181. The average Bonchev–Trinajstić information content (AvgIpc) is 2.82. The van der Waals surface area contributed by atoms with Gasteiger partial charge in [-0.1, -0.05) is 0 Å². The molecule has 2 unspecified atom stereocenters. The number of benzene rings is 1. The first-order chi connectivity index (χ1) is 8.20. The molecule has 1 aliphatic heterocycles. The summed E-state index contributed by atoms with van der Waals surface area (Å²) in [6.45, 7) is 1.49. The second-order valence-electron chi connectivity index (χ2n) is 4.47. The third-order valence-corrected chi connectivity index (χ3v) is 3.27. The normalized spacial score (nSPS) is 21.7. The molecule has 0 saturated carbocycles. The van der Waals surface area contributed by atoms with E-state index < -0.39 is 5.82 Å². The Hall–Kier alpha value is -1.00. The molecule has 1 saturated heterocycles. The molecule has 2 atom stereocenters. The van der Waals surface area contributed by atoms with Crippen LogP contribution in [0.25, 0.3) is 0 Å². The van der Waals surface area contributed by atoms with E-state index in [9.17, 15) is 8.78 Å². The number of hydrogen-bond donors (Lipinski definition) is 1. The van der Waals surface area contributed by atoms with E-state index in [-0.39, 0.29) is 11.9 Å². The highest BCUT2D eigenvalue weighted by Crippen LogP contribution is 2.28. The topological polar surface area (TPSA) is 21.3 Å². The van der Waals surface area contributed by atoms with Crippen molar-refractivity contribution in [1.82, 2.24) is 5.32 Å². The van der Waals surface area contributed by atoms with E-state index in [2.05, 4.69) is 5.32 Å². The van der Waals surface area contributed by atoms with Gasteiger partial charge in [0.1, 0.15) is 11.6 Å². The Bertz CT molecular complexity index is 378. The van der Waals surface area contributed by atoms with E-state index in [0.717, 1.165) is 32.1 Å². The van der Waals surface area contributed by atoms with Crippen LogP contribution in [0.2, 0.25) is 0 Å². The van der Waals surface area contributed by atoms with E-state index >= 15 is 0 Å². The minimum atomic E-state index is -0.399. The minimum Gasteiger partial charge on any atom is -0.381 e. The van der Waals surface area contributed by atoms with Crippen molar-refractivity contribution >= 4 is 0 Å². The summed E-state index contributed by atoms with van der Waals surface area (Å²) in [7, 11) is 1.77. The molecule has 0 spiro atoms. The average molecular weight is 241 g/mol. The van der Waals surface area contributed by atoms with Crippen LogP contribution >= 0.6 is 0 Å². The van der Waals surface area contributed by atoms with Crippen LogP contribution in [0.3, 0.4) is 0 Å². The molecular weight excluding hydrogens is 224 g/mol. The standard InChI is InChI=1S/C13H17F2NO/c1-16-13(6-9-4-5-17-8-9)11-7-10(14)2-3-12(11)15/h2-3,7,9,13,16H,4-6,8H2,1H3. The second-order valence-corrected chi connectivity index (χ2v) is 4.47. The molecule has 1 heterocycles. The maximum atomic E-state index is 13.6. The van der Waals surface area contributed by atoms with Crippen molar-refractivity contribution in [1.29, 1.82) is 0 Å². The van der Waals surface area contributed by atoms with E-state index in [1.54, 1.807) is 7.05 Å². The van der Waals surface area contributed by atoms with Gasteiger partial charge < -0.3 is 10.1 Å². The fraction of sp³-hybridized carbons (Fsp3) is 0.538. The van der Waals surface area contributed by atoms with Crippen LogP contribution in [0.15, 0.2) is 18.2 Å². The maximum absolute atomic E-state index is 13.6. The van der Waals surface area contributed by atoms with Crippen molar-refractivity contribution in [2.24, 2.45) is 5.92 Å². The number of ether oxygens (including phenoxy) is 1. The predicted molar refractivity (Wildman–Crippen MR) is 61.7 cm³/mol. The number of rotatable bonds is 4. The highest BCUT2D eigenvalue weighted by atomic mass is 19.1. The first kappa shape index (κ1) is 12.5. The van der Waals surface area contributed by atoms with Gasteiger partial charge in [-0.25, -0.2) is 8.78 Å². The fourth-order valence-corrected chi connectivity index (χ4v) is 2.28. The van der Waals surface area contributed by atoms with Crippen LogP contribution < -0.4 is 5.32 Å². The van der Waals surface area contributed by atoms with Gasteiger partial charge in [-0.3, -0.25) is 0 Å². The molecule has 1 N–H and O–H groups in total. The Balaban J connectivity index is 2.13. The minimum absolute atomic E-state index is 0.155. The number of nitrogens with one attached hydrogen (secondary N) is 1. The molecular formula is C13H17F2NO. The molecule has 4 heteroatoms. The van der Waals surface area contributed by atoms with Crippen molar-refractivity contribution < 1.29 is 13.5 Å². The van der Waals surface area contributed by atoms with E-state index in [1.165, 1.54) is 12.1 Å². The fourth-order valence-electron chi connectivity index (χ4n) is 2.28. The quantitative estimate of drug-likeness (QED) is 0.875. The van der Waals surface area contributed by atoms with Crippen LogP contribution in [0.5, 0.6) is 0 Å². The molecule has 1 aromatic rings. The first-order valence-corrected chi connectivity index (χ1v) is 5.90. The van der Waals surface area contributed by atoms with Gasteiger partial charge in [0.05, 0.1) is 0 Å². The summed E-state index contributed by atoms with van der Waals surface area (Å²) in [5.74, 6) is -0.330. The van der Waals surface area contributed by atoms with Crippen LogP contribution in [0, 0.1) is 17.6 Å². The van der Waals surface area contributed by atoms with Gasteiger partial charge in [-0.2, -0.15) is 0 Å². The molecule has 17 heavy (non-hydrogen) atoms. The van der Waals surface area contributed by atoms with Crippen molar-refractivity contribution in [3.8, 4) is 0 Å². The molecule has 1 aliphatic rings. The summed E-state index contributed by atoms with van der Waals surface area (Å²) in [6, 6.07) is 3.44. The Morgan fingerprint density at radius 1 is 1.47 bits per heavy atom. The van der Waals surface area contributed by atoms with Gasteiger partial charge in [0.25, 0.3) is 0 Å². The Labute approximate surface area is 100.0 Å². The Morgan fingerprint density at radius 3 is 2.94 bits per heavy atom. The molecule has 0 aliphatic carbocycles. The zero-order valence-corrected chi connectivity index (χ0v) is 9.88. The first-order valence-electron chi connectivity index (χ1n) is 5.90. The lowest BCUT2D eigenvalue weighted by Crippen LogP contribution is -2.21. The zero-order chi connectivity index (χ0) is 12.3. The number of halogens is 2. The molecule has 2 nitrogen and oxygen atoms in total. The lowest BCUT2D eigenvalue weighted by Gasteiger charge is -2.20. The van der Waals surface area contributed by atoms with Gasteiger partial charge >= 0.3 is 0 Å². The molecule has 94 valence electrons. The highest BCUT2D eigenvalue weighted by Gasteiger charge is 2.23. The number of hydrogen-bond acceptors (Lipinski definition) is 2. The Kier molecular flexibility index (Phi) is 4.07. The van der Waals surface area contributed by atoms with Gasteiger partial charge in [0, 0.05) is 24.8 Å². The van der Waals surface area contributed by atoms with Crippen molar-refractivity contribution in [2.75, 3.05) is 20.3 Å². The molecule has 0 aromatic heterocycles. The molecule has 1 aromatic carbocycles. The maximum Gasteiger partial charge on any atom is 0.128 e. The highest BCUT2D eigenvalue weighted by molar-refractivity contribution is 5.22. The van der Waals surface area contributed by atoms with Crippen LogP contribution in [-0.2, 0) is 4.74 Å². The lowest BCUT2D eigenvalue weighted by atomic mass is 9.94. The second kappa shape index (κ2) is 5.56. The predicted octanol–water partition coefficient (Wildman–Crippen LogP) is 2.65. The van der Waals surface area contributed by atoms with Gasteiger partial charge in [0.15, 0.2) is 0 Å². The van der Waals surface area contributed by atoms with Crippen LogP contribution in [-0.4, -0.2) is 20.3 Å². The third-order valence-electron chi connectivity index (χ3n) is 3.27. The zero-order valence-electron chi connectivity index (χ0n) is 9.88. The van der Waals surface area contributed by atoms with Gasteiger partial charge in [-0.15, -0.1) is 0 Å². The van der Waals surface area contributed by atoms with Gasteiger partial charge in [-0.05, 0) is 44.0 Å². The summed E-state index contributed by atoms with van der Waals surface area (Å²) in [6.07, 6.45) is 1.77. The Morgan fingerprint density at radius 2 is 2.29 bits per heavy atom. The van der Waals surface area contributed by atoms with E-state index in [0.29, 0.717) is 11.5 Å². The van der Waals surface area contributed by atoms with Crippen molar-refractivity contribution in [3.05, 3.63) is 35.4 Å². The third kappa shape index (κ3) is 3.01. The van der Waals surface area contributed by atoms with Gasteiger partial charge in [0.2, 0.25) is 0 Å². The SMILES string of the molecule is CNC(CC1CCOC1)c1cc(F)ccc1F. The summed E-state index contributed by atoms with van der Waals surface area (Å²) < 4.78 is 32.1. The van der Waals surface area contributed by atoms with Crippen molar-refractivity contribution in [2.45, 2.75) is 18.9 Å². The largest absolute Gasteiger partial charge is 0.381 e. The summed E-state index contributed by atoms with van der Waals surface area (Å²) in [5, 5.41) is 3.05. The van der Waals surface area contributed by atoms with Crippen molar-refractivity contribution in [3.63, 3.8) is 0 Å². The van der Waals surface area contributed by atoms with E-state index in [1.807, 2.05) is 0 Å². The molecule has 0 bridgehead atoms.